The fraction of sp³-hybridized carbons (Fsp3) is 0.500. The van der Waals surface area contributed by atoms with Crippen LogP contribution in [0.1, 0.15) is 60.8 Å². The lowest BCUT2D eigenvalue weighted by Crippen LogP contribution is -2.56. The van der Waals surface area contributed by atoms with Gasteiger partial charge in [0, 0.05) is 5.56 Å². The molecule has 1 fully saturated rings. The van der Waals surface area contributed by atoms with E-state index in [9.17, 15) is 9.59 Å². The van der Waals surface area contributed by atoms with Crippen LogP contribution < -0.4 is 5.32 Å². The molecule has 1 aromatic heterocycles. The summed E-state index contributed by atoms with van der Waals surface area (Å²) in [5.74, 6) is -0.609. The predicted molar refractivity (Wildman–Crippen MR) is 98.9 cm³/mol. The number of nitrogens with one attached hydrogen (secondary N) is 1. The first-order valence-corrected chi connectivity index (χ1v) is 9.20. The standard InChI is InChI=1S/C20H25N3O3/c1-4-26-19(25)20(10-6-5-7-11-20)23-18(24)15-8-9-16-17(12-15)22-14(3)13(2)21-16/h8-9,12H,4-7,10-11H2,1-3H3,(H,23,24). The zero-order chi connectivity index (χ0) is 18.7. The Labute approximate surface area is 153 Å². The second-order valence-electron chi connectivity index (χ2n) is 6.92. The van der Waals surface area contributed by atoms with Crippen molar-refractivity contribution in [3.05, 3.63) is 35.2 Å². The van der Waals surface area contributed by atoms with Crippen molar-refractivity contribution in [2.24, 2.45) is 0 Å². The van der Waals surface area contributed by atoms with Crippen molar-refractivity contribution in [2.75, 3.05) is 6.61 Å². The zero-order valence-corrected chi connectivity index (χ0v) is 15.6. The number of esters is 1. The van der Waals surface area contributed by atoms with Gasteiger partial charge in [-0.1, -0.05) is 19.3 Å². The molecule has 0 spiro atoms. The van der Waals surface area contributed by atoms with Gasteiger partial charge in [-0.25, -0.2) is 14.8 Å². The fourth-order valence-corrected chi connectivity index (χ4v) is 3.47. The molecule has 6 nitrogen and oxygen atoms in total. The van der Waals surface area contributed by atoms with Crippen LogP contribution in [0.15, 0.2) is 18.2 Å². The number of benzene rings is 1. The van der Waals surface area contributed by atoms with Gasteiger partial charge in [-0.3, -0.25) is 4.79 Å². The first kappa shape index (κ1) is 18.3. The van der Waals surface area contributed by atoms with Gasteiger partial charge in [0.2, 0.25) is 0 Å². The molecular formula is C20H25N3O3. The van der Waals surface area contributed by atoms with Crippen molar-refractivity contribution in [2.45, 2.75) is 58.4 Å². The summed E-state index contributed by atoms with van der Waals surface area (Å²) < 4.78 is 5.24. The van der Waals surface area contributed by atoms with Crippen LogP contribution in [0.25, 0.3) is 11.0 Å². The van der Waals surface area contributed by atoms with Gasteiger partial charge in [-0.05, 0) is 51.8 Å². The molecular weight excluding hydrogens is 330 g/mol. The molecule has 26 heavy (non-hydrogen) atoms. The molecule has 3 rings (SSSR count). The smallest absolute Gasteiger partial charge is 0.331 e. The van der Waals surface area contributed by atoms with Crippen LogP contribution in [0.2, 0.25) is 0 Å². The maximum absolute atomic E-state index is 12.9. The highest BCUT2D eigenvalue weighted by atomic mass is 16.5. The topological polar surface area (TPSA) is 81.2 Å². The van der Waals surface area contributed by atoms with Gasteiger partial charge in [0.25, 0.3) is 5.91 Å². The van der Waals surface area contributed by atoms with Crippen molar-refractivity contribution in [3.63, 3.8) is 0 Å². The average Bonchev–Trinajstić information content (AvgIpc) is 2.63. The minimum atomic E-state index is -0.921. The van der Waals surface area contributed by atoms with Crippen LogP contribution in [-0.2, 0) is 9.53 Å². The molecule has 138 valence electrons. The Morgan fingerprint density at radius 1 is 1.08 bits per heavy atom. The van der Waals surface area contributed by atoms with Gasteiger partial charge in [-0.2, -0.15) is 0 Å². The van der Waals surface area contributed by atoms with Crippen LogP contribution in [-0.4, -0.2) is 34.0 Å². The van der Waals surface area contributed by atoms with Gasteiger partial charge >= 0.3 is 5.97 Å². The van der Waals surface area contributed by atoms with Crippen molar-refractivity contribution in [1.29, 1.82) is 0 Å². The number of carbonyl (C=O) groups is 2. The predicted octanol–water partition coefficient (Wildman–Crippen LogP) is 3.24. The van der Waals surface area contributed by atoms with Gasteiger partial charge in [0.05, 0.1) is 29.0 Å². The van der Waals surface area contributed by atoms with Gasteiger partial charge in [0.1, 0.15) is 5.54 Å². The summed E-state index contributed by atoms with van der Waals surface area (Å²) in [6.07, 6.45) is 4.11. The number of fused-ring (bicyclic) bond motifs is 1. The number of ether oxygens (including phenoxy) is 1. The first-order valence-electron chi connectivity index (χ1n) is 9.20. The summed E-state index contributed by atoms with van der Waals surface area (Å²) in [5.41, 5.74) is 2.69. The van der Waals surface area contributed by atoms with Crippen LogP contribution in [0.4, 0.5) is 0 Å². The molecule has 1 saturated carbocycles. The maximum atomic E-state index is 12.9. The van der Waals surface area contributed by atoms with Crippen LogP contribution in [0.3, 0.4) is 0 Å². The summed E-state index contributed by atoms with van der Waals surface area (Å²) in [6, 6.07) is 5.25. The molecule has 0 saturated heterocycles. The summed E-state index contributed by atoms with van der Waals surface area (Å²) in [6.45, 7) is 5.89. The molecule has 1 heterocycles. The summed E-state index contributed by atoms with van der Waals surface area (Å²) in [4.78, 5) is 34.4. The zero-order valence-electron chi connectivity index (χ0n) is 15.6. The molecule has 0 bridgehead atoms. The van der Waals surface area contributed by atoms with E-state index < -0.39 is 5.54 Å². The van der Waals surface area contributed by atoms with E-state index in [1.165, 1.54) is 0 Å². The number of hydrogen-bond acceptors (Lipinski definition) is 5. The Hall–Kier alpha value is -2.50. The van der Waals surface area contributed by atoms with Gasteiger partial charge < -0.3 is 10.1 Å². The van der Waals surface area contributed by atoms with Crippen LogP contribution in [0, 0.1) is 13.8 Å². The summed E-state index contributed by atoms with van der Waals surface area (Å²) in [7, 11) is 0. The van der Waals surface area contributed by atoms with E-state index >= 15 is 0 Å². The molecule has 1 aliphatic rings. The number of nitrogens with zero attached hydrogens (tertiary/aromatic N) is 2. The average molecular weight is 355 g/mol. The number of aromatic nitrogens is 2. The molecule has 1 amide bonds. The van der Waals surface area contributed by atoms with E-state index in [1.807, 2.05) is 13.8 Å². The molecule has 0 unspecified atom stereocenters. The Balaban J connectivity index is 1.88. The highest BCUT2D eigenvalue weighted by Gasteiger charge is 2.42. The largest absolute Gasteiger partial charge is 0.464 e. The minimum Gasteiger partial charge on any atom is -0.464 e. The van der Waals surface area contributed by atoms with Gasteiger partial charge in [-0.15, -0.1) is 0 Å². The first-order chi connectivity index (χ1) is 12.4. The second kappa shape index (κ2) is 7.40. The molecule has 1 aromatic carbocycles. The van der Waals surface area contributed by atoms with E-state index in [2.05, 4.69) is 15.3 Å². The van der Waals surface area contributed by atoms with E-state index in [4.69, 9.17) is 4.74 Å². The lowest BCUT2D eigenvalue weighted by molar-refractivity contribution is -0.152. The van der Waals surface area contributed by atoms with E-state index in [0.717, 1.165) is 36.2 Å². The second-order valence-corrected chi connectivity index (χ2v) is 6.92. The Morgan fingerprint density at radius 2 is 1.73 bits per heavy atom. The number of amides is 1. The lowest BCUT2D eigenvalue weighted by atomic mass is 9.81. The van der Waals surface area contributed by atoms with E-state index in [-0.39, 0.29) is 11.9 Å². The fourth-order valence-electron chi connectivity index (χ4n) is 3.47. The highest BCUT2D eigenvalue weighted by Crippen LogP contribution is 2.30. The van der Waals surface area contributed by atoms with Crippen LogP contribution in [0.5, 0.6) is 0 Å². The van der Waals surface area contributed by atoms with Crippen LogP contribution >= 0.6 is 0 Å². The number of carbonyl (C=O) groups excluding carboxylic acids is 2. The van der Waals surface area contributed by atoms with E-state index in [1.54, 1.807) is 25.1 Å². The molecule has 2 aromatic rings. The van der Waals surface area contributed by atoms with Crippen molar-refractivity contribution in [1.82, 2.24) is 15.3 Å². The molecule has 1 aliphatic carbocycles. The number of hydrogen-bond donors (Lipinski definition) is 1. The molecule has 0 radical (unpaired) electrons. The SMILES string of the molecule is CCOC(=O)C1(NC(=O)c2ccc3nc(C)c(C)nc3c2)CCCCC1. The van der Waals surface area contributed by atoms with Crippen molar-refractivity contribution >= 4 is 22.9 Å². The maximum Gasteiger partial charge on any atom is 0.331 e. The Bertz CT molecular complexity index is 842. The quantitative estimate of drug-likeness (QED) is 0.852. The van der Waals surface area contributed by atoms with E-state index in [0.29, 0.717) is 30.5 Å². The Kier molecular flexibility index (Phi) is 5.20. The van der Waals surface area contributed by atoms with Gasteiger partial charge in [0.15, 0.2) is 0 Å². The molecule has 1 N–H and O–H groups in total. The monoisotopic (exact) mass is 355 g/mol. The third-order valence-electron chi connectivity index (χ3n) is 5.06. The molecule has 0 atom stereocenters. The summed E-state index contributed by atoms with van der Waals surface area (Å²) in [5, 5.41) is 2.96. The van der Waals surface area contributed by atoms with Crippen molar-refractivity contribution < 1.29 is 14.3 Å². The summed E-state index contributed by atoms with van der Waals surface area (Å²) >= 11 is 0. The minimum absolute atomic E-state index is 0.276. The third kappa shape index (κ3) is 3.54. The molecule has 6 heteroatoms. The Morgan fingerprint density at radius 3 is 2.38 bits per heavy atom. The number of rotatable bonds is 4. The normalized spacial score (nSPS) is 16.3. The highest BCUT2D eigenvalue weighted by molar-refractivity contribution is 6.00. The third-order valence-corrected chi connectivity index (χ3v) is 5.06. The number of aryl methyl sites for hydroxylation is 2. The van der Waals surface area contributed by atoms with Crippen molar-refractivity contribution in [3.8, 4) is 0 Å². The lowest BCUT2D eigenvalue weighted by Gasteiger charge is -2.35. The molecule has 0 aliphatic heterocycles.